The first-order valence-electron chi connectivity index (χ1n) is 5.85. The summed E-state index contributed by atoms with van der Waals surface area (Å²) in [4.78, 5) is 22.0. The van der Waals surface area contributed by atoms with Gasteiger partial charge < -0.3 is 14.6 Å². The van der Waals surface area contributed by atoms with E-state index in [1.54, 1.807) is 26.0 Å². The van der Waals surface area contributed by atoms with Crippen molar-refractivity contribution in [1.29, 1.82) is 0 Å². The molecule has 2 heterocycles. The lowest BCUT2D eigenvalue weighted by Crippen LogP contribution is -2.15. The third-order valence-electron chi connectivity index (χ3n) is 2.64. The molecule has 0 aliphatic rings. The maximum absolute atomic E-state index is 12.1. The zero-order valence-corrected chi connectivity index (χ0v) is 11.4. The Kier molecular flexibility index (Phi) is 3.50. The van der Waals surface area contributed by atoms with Gasteiger partial charge in [-0.2, -0.15) is 0 Å². The van der Waals surface area contributed by atoms with Crippen LogP contribution in [0.3, 0.4) is 0 Å². The van der Waals surface area contributed by atoms with Gasteiger partial charge in [-0.05, 0) is 19.9 Å². The maximum atomic E-state index is 12.1. The molecule has 2 aromatic rings. The molecule has 6 nitrogen and oxygen atoms in total. The van der Waals surface area contributed by atoms with E-state index >= 15 is 0 Å². The van der Waals surface area contributed by atoms with Crippen molar-refractivity contribution in [2.45, 2.75) is 13.8 Å². The minimum Gasteiger partial charge on any atom is -0.466 e. The Morgan fingerprint density at radius 3 is 2.58 bits per heavy atom. The number of amides is 1. The fourth-order valence-corrected chi connectivity index (χ4v) is 1.70. The summed E-state index contributed by atoms with van der Waals surface area (Å²) in [7, 11) is 3.75. The van der Waals surface area contributed by atoms with Crippen LogP contribution < -0.4 is 10.2 Å². The zero-order chi connectivity index (χ0) is 14.0. The molecule has 1 N–H and O–H groups in total. The van der Waals surface area contributed by atoms with E-state index in [1.807, 2.05) is 19.0 Å². The van der Waals surface area contributed by atoms with Gasteiger partial charge in [0.25, 0.3) is 5.91 Å². The van der Waals surface area contributed by atoms with E-state index in [9.17, 15) is 4.79 Å². The van der Waals surface area contributed by atoms with E-state index in [-0.39, 0.29) is 5.91 Å². The summed E-state index contributed by atoms with van der Waals surface area (Å²) in [6, 6.07) is 3.42. The molecule has 0 radical (unpaired) electrons. The van der Waals surface area contributed by atoms with Crippen LogP contribution in [0.25, 0.3) is 0 Å². The highest BCUT2D eigenvalue weighted by atomic mass is 16.3. The van der Waals surface area contributed by atoms with Gasteiger partial charge in [0.1, 0.15) is 29.5 Å². The molecule has 2 aromatic heterocycles. The molecule has 0 spiro atoms. The van der Waals surface area contributed by atoms with Crippen LogP contribution in [0.15, 0.2) is 22.9 Å². The van der Waals surface area contributed by atoms with Gasteiger partial charge in [-0.15, -0.1) is 0 Å². The molecule has 0 aliphatic carbocycles. The van der Waals surface area contributed by atoms with Gasteiger partial charge in [-0.1, -0.05) is 0 Å². The summed E-state index contributed by atoms with van der Waals surface area (Å²) in [5.74, 6) is 2.25. The number of nitrogens with one attached hydrogen (secondary N) is 1. The van der Waals surface area contributed by atoms with Gasteiger partial charge in [0.15, 0.2) is 0 Å². The van der Waals surface area contributed by atoms with Crippen molar-refractivity contribution >= 4 is 17.5 Å². The first kappa shape index (κ1) is 13.1. The number of anilines is 2. The topological polar surface area (TPSA) is 71.3 Å². The lowest BCUT2D eigenvalue weighted by Gasteiger charge is -2.11. The maximum Gasteiger partial charge on any atom is 0.260 e. The van der Waals surface area contributed by atoms with Crippen LogP contribution >= 0.6 is 0 Å². The van der Waals surface area contributed by atoms with Crippen LogP contribution in [-0.2, 0) is 0 Å². The van der Waals surface area contributed by atoms with Crippen molar-refractivity contribution in [3.63, 3.8) is 0 Å². The Labute approximate surface area is 111 Å². The number of hydrogen-bond acceptors (Lipinski definition) is 5. The molecule has 0 bridgehead atoms. The van der Waals surface area contributed by atoms with Crippen LogP contribution in [0, 0.1) is 13.8 Å². The molecule has 0 unspecified atom stereocenters. The van der Waals surface area contributed by atoms with E-state index in [4.69, 9.17) is 4.42 Å². The van der Waals surface area contributed by atoms with E-state index < -0.39 is 0 Å². The summed E-state index contributed by atoms with van der Waals surface area (Å²) in [5, 5.41) is 2.73. The highest BCUT2D eigenvalue weighted by molar-refractivity contribution is 6.04. The Balaban J connectivity index is 2.19. The second kappa shape index (κ2) is 5.09. The number of nitrogens with zero attached hydrogens (tertiary/aromatic N) is 3. The third kappa shape index (κ3) is 2.90. The molecule has 0 atom stereocenters. The van der Waals surface area contributed by atoms with Crippen LogP contribution in [0.1, 0.15) is 21.9 Å². The van der Waals surface area contributed by atoms with Crippen molar-refractivity contribution in [3.05, 3.63) is 35.5 Å². The van der Waals surface area contributed by atoms with Crippen LogP contribution in [0.2, 0.25) is 0 Å². The van der Waals surface area contributed by atoms with Gasteiger partial charge in [-0.3, -0.25) is 4.79 Å². The van der Waals surface area contributed by atoms with Gasteiger partial charge in [0.2, 0.25) is 0 Å². The summed E-state index contributed by atoms with van der Waals surface area (Å²) in [6.45, 7) is 3.56. The average Bonchev–Trinajstić information content (AvgIpc) is 2.69. The van der Waals surface area contributed by atoms with Crippen molar-refractivity contribution in [2.75, 3.05) is 24.3 Å². The monoisotopic (exact) mass is 260 g/mol. The van der Waals surface area contributed by atoms with Crippen LogP contribution in [0.4, 0.5) is 11.6 Å². The van der Waals surface area contributed by atoms with E-state index in [1.165, 1.54) is 6.33 Å². The standard InChI is InChI=1S/C13H16N4O2/c1-8-5-10(9(2)19-8)13(18)16-11-6-12(17(3)4)15-7-14-11/h5-7H,1-4H3,(H,14,15,16,18). The number of hydrogen-bond donors (Lipinski definition) is 1. The van der Waals surface area contributed by atoms with Gasteiger partial charge in [0, 0.05) is 20.2 Å². The van der Waals surface area contributed by atoms with Crippen LogP contribution in [0.5, 0.6) is 0 Å². The van der Waals surface area contributed by atoms with Crippen molar-refractivity contribution in [2.24, 2.45) is 0 Å². The number of aromatic nitrogens is 2. The summed E-state index contributed by atoms with van der Waals surface area (Å²) in [5.41, 5.74) is 0.516. The van der Waals surface area contributed by atoms with Crippen molar-refractivity contribution < 1.29 is 9.21 Å². The molecule has 0 fully saturated rings. The molecule has 0 saturated carbocycles. The lowest BCUT2D eigenvalue weighted by molar-refractivity contribution is 0.102. The molecular weight excluding hydrogens is 244 g/mol. The molecule has 100 valence electrons. The first-order valence-corrected chi connectivity index (χ1v) is 5.85. The Bertz CT molecular complexity index is 604. The molecule has 6 heteroatoms. The minimum atomic E-state index is -0.238. The summed E-state index contributed by atoms with van der Waals surface area (Å²) >= 11 is 0. The van der Waals surface area contributed by atoms with Gasteiger partial charge in [-0.25, -0.2) is 9.97 Å². The van der Waals surface area contributed by atoms with Gasteiger partial charge in [0.05, 0.1) is 5.56 Å². The quantitative estimate of drug-likeness (QED) is 0.914. The molecule has 0 aromatic carbocycles. The SMILES string of the molecule is Cc1cc(C(=O)Nc2cc(N(C)C)ncn2)c(C)o1. The highest BCUT2D eigenvalue weighted by Gasteiger charge is 2.14. The Morgan fingerprint density at radius 1 is 1.26 bits per heavy atom. The number of carbonyl (C=O) groups is 1. The second-order valence-corrected chi connectivity index (χ2v) is 4.44. The number of aryl methyl sites for hydroxylation is 2. The Hall–Kier alpha value is -2.37. The number of carbonyl (C=O) groups excluding carboxylic acids is 1. The molecule has 19 heavy (non-hydrogen) atoms. The molecule has 0 saturated heterocycles. The fraction of sp³-hybridized carbons (Fsp3) is 0.308. The predicted molar refractivity (Wildman–Crippen MR) is 72.5 cm³/mol. The van der Waals surface area contributed by atoms with E-state index in [2.05, 4.69) is 15.3 Å². The number of rotatable bonds is 3. The van der Waals surface area contributed by atoms with Crippen molar-refractivity contribution in [3.8, 4) is 0 Å². The molecule has 2 rings (SSSR count). The molecule has 0 aliphatic heterocycles. The number of furan rings is 1. The minimum absolute atomic E-state index is 0.238. The highest BCUT2D eigenvalue weighted by Crippen LogP contribution is 2.16. The summed E-state index contributed by atoms with van der Waals surface area (Å²) < 4.78 is 5.33. The largest absolute Gasteiger partial charge is 0.466 e. The fourth-order valence-electron chi connectivity index (χ4n) is 1.70. The van der Waals surface area contributed by atoms with Gasteiger partial charge >= 0.3 is 0 Å². The molecular formula is C13H16N4O2. The normalized spacial score (nSPS) is 10.3. The van der Waals surface area contributed by atoms with Crippen molar-refractivity contribution in [1.82, 2.24) is 9.97 Å². The third-order valence-corrected chi connectivity index (χ3v) is 2.64. The molecule has 1 amide bonds. The zero-order valence-electron chi connectivity index (χ0n) is 11.4. The second-order valence-electron chi connectivity index (χ2n) is 4.44. The van der Waals surface area contributed by atoms with E-state index in [0.717, 1.165) is 5.82 Å². The van der Waals surface area contributed by atoms with E-state index in [0.29, 0.717) is 22.9 Å². The predicted octanol–water partition coefficient (Wildman–Crippen LogP) is 2.00. The summed E-state index contributed by atoms with van der Waals surface area (Å²) in [6.07, 6.45) is 1.42. The average molecular weight is 260 g/mol. The first-order chi connectivity index (χ1) is 8.97. The lowest BCUT2D eigenvalue weighted by atomic mass is 10.2. The van der Waals surface area contributed by atoms with Crippen LogP contribution in [-0.4, -0.2) is 30.0 Å². The Morgan fingerprint density at radius 2 is 2.00 bits per heavy atom. The smallest absolute Gasteiger partial charge is 0.260 e.